The van der Waals surface area contributed by atoms with Crippen LogP contribution in [0.1, 0.15) is 0 Å². The van der Waals surface area contributed by atoms with E-state index in [0.29, 0.717) is 0 Å². The molecule has 6 heterocycles. The average molecular weight is 572 g/mol. The first kappa shape index (κ1) is 23.4. The van der Waals surface area contributed by atoms with Crippen molar-refractivity contribution in [3.05, 3.63) is 128 Å². The van der Waals surface area contributed by atoms with Crippen LogP contribution in [0.3, 0.4) is 0 Å². The molecule has 0 N–H and O–H groups in total. The minimum Gasteiger partial charge on any atom is -0.293 e. The number of aromatic nitrogens is 5. The molecule has 2 aromatic carbocycles. The number of thiophene rings is 3. The third-order valence-corrected chi connectivity index (χ3v) is 9.97. The predicted octanol–water partition coefficient (Wildman–Crippen LogP) is 9.33. The van der Waals surface area contributed by atoms with E-state index in [1.165, 1.54) is 0 Å². The standard InChI is InChI=1S/C32H21N5S3/c1-3-8-22(9-4-1)35-26-13-14-27(38-26)36(23-10-5-2-6-11-23)29-16-18-31(40-29)37(30-17-15-28(35)39-30)25-19-21-33-24-12-7-20-34-32(24)25/h1-21H. The van der Waals surface area contributed by atoms with Crippen molar-refractivity contribution >= 4 is 74.0 Å². The van der Waals surface area contributed by atoms with Crippen molar-refractivity contribution in [1.82, 2.24) is 23.7 Å². The van der Waals surface area contributed by atoms with Gasteiger partial charge in [-0.25, -0.2) is 0 Å². The quantitative estimate of drug-likeness (QED) is 0.212. The smallest absolute Gasteiger partial charge is 0.113 e. The van der Waals surface area contributed by atoms with Gasteiger partial charge in [0.2, 0.25) is 0 Å². The highest BCUT2D eigenvalue weighted by atomic mass is 32.1. The molecule has 0 unspecified atom stereocenters. The molecule has 0 aliphatic heterocycles. The van der Waals surface area contributed by atoms with Crippen LogP contribution in [-0.4, -0.2) is 23.7 Å². The normalized spacial score (nSPS) is 11.5. The molecule has 0 aliphatic rings. The number of benzene rings is 2. The van der Waals surface area contributed by atoms with Gasteiger partial charge in [-0.15, -0.1) is 0 Å². The van der Waals surface area contributed by atoms with Crippen molar-refractivity contribution in [1.29, 1.82) is 0 Å². The molecule has 8 aromatic rings. The second kappa shape index (κ2) is 9.60. The average Bonchev–Trinajstić information content (AvgIpc) is 3.78. The van der Waals surface area contributed by atoms with Crippen LogP contribution in [0.5, 0.6) is 0 Å². The summed E-state index contributed by atoms with van der Waals surface area (Å²) < 4.78 is 7.03. The van der Waals surface area contributed by atoms with Crippen molar-refractivity contribution in [3.8, 4) is 17.1 Å². The van der Waals surface area contributed by atoms with Crippen molar-refractivity contribution in [2.75, 3.05) is 0 Å². The number of pyridine rings is 2. The van der Waals surface area contributed by atoms with Gasteiger partial charge in [-0.1, -0.05) is 70.4 Å². The molecular weight excluding hydrogens is 551 g/mol. The van der Waals surface area contributed by atoms with Crippen LogP contribution >= 0.6 is 34.0 Å². The fourth-order valence-electron chi connectivity index (χ4n) is 5.05. The van der Waals surface area contributed by atoms with E-state index in [9.17, 15) is 0 Å². The van der Waals surface area contributed by atoms with E-state index in [0.717, 1.165) is 57.1 Å². The third-order valence-electron chi connectivity index (χ3n) is 6.80. The van der Waals surface area contributed by atoms with Crippen molar-refractivity contribution in [2.45, 2.75) is 0 Å². The maximum atomic E-state index is 4.76. The fraction of sp³-hybridized carbons (Fsp3) is 0. The fourth-order valence-corrected chi connectivity index (χ4v) is 8.44. The Hall–Kier alpha value is -4.50. The largest absolute Gasteiger partial charge is 0.293 e. The molecule has 0 radical (unpaired) electrons. The van der Waals surface area contributed by atoms with E-state index in [4.69, 9.17) is 4.98 Å². The van der Waals surface area contributed by atoms with E-state index < -0.39 is 0 Å². The van der Waals surface area contributed by atoms with E-state index in [2.05, 4.69) is 122 Å². The van der Waals surface area contributed by atoms with Crippen LogP contribution in [0.4, 0.5) is 0 Å². The minimum absolute atomic E-state index is 0.876. The molecule has 0 saturated carbocycles. The molecule has 0 aliphatic carbocycles. The maximum Gasteiger partial charge on any atom is 0.113 e. The Kier molecular flexibility index (Phi) is 5.62. The van der Waals surface area contributed by atoms with Crippen molar-refractivity contribution in [3.63, 3.8) is 0 Å². The first-order chi connectivity index (χ1) is 19.8. The summed E-state index contributed by atoms with van der Waals surface area (Å²) in [5.74, 6) is 0. The molecule has 5 nitrogen and oxygen atoms in total. The van der Waals surface area contributed by atoms with Crippen LogP contribution in [0.2, 0.25) is 0 Å². The lowest BCUT2D eigenvalue weighted by Crippen LogP contribution is -1.97. The molecule has 8 heteroatoms. The third kappa shape index (κ3) is 3.88. The zero-order valence-corrected chi connectivity index (χ0v) is 23.5. The van der Waals surface area contributed by atoms with Gasteiger partial charge in [-0.05, 0) is 78.9 Å². The van der Waals surface area contributed by atoms with Crippen LogP contribution in [-0.2, 0) is 0 Å². The Balaban J connectivity index is 1.59. The molecule has 192 valence electrons. The van der Waals surface area contributed by atoms with Gasteiger partial charge in [0.15, 0.2) is 0 Å². The van der Waals surface area contributed by atoms with Gasteiger partial charge in [0.1, 0.15) is 34.5 Å². The van der Waals surface area contributed by atoms with Gasteiger partial charge >= 0.3 is 0 Å². The number of para-hydroxylation sites is 2. The van der Waals surface area contributed by atoms with E-state index in [1.54, 1.807) is 34.0 Å². The Morgan fingerprint density at radius 2 is 0.875 bits per heavy atom. The summed E-state index contributed by atoms with van der Waals surface area (Å²) in [5, 5.41) is 0. The first-order valence-electron chi connectivity index (χ1n) is 12.8. The number of hydrogen-bond donors (Lipinski definition) is 0. The highest BCUT2D eigenvalue weighted by Crippen LogP contribution is 2.34. The van der Waals surface area contributed by atoms with E-state index in [1.807, 2.05) is 24.5 Å². The van der Waals surface area contributed by atoms with Crippen molar-refractivity contribution < 1.29 is 0 Å². The van der Waals surface area contributed by atoms with Gasteiger partial charge in [-0.2, -0.15) is 0 Å². The maximum absolute atomic E-state index is 4.76. The summed E-state index contributed by atoms with van der Waals surface area (Å²) in [6.07, 6.45) is 3.71. The lowest BCUT2D eigenvalue weighted by molar-refractivity contribution is 1.17. The van der Waals surface area contributed by atoms with Crippen LogP contribution in [0.15, 0.2) is 128 Å². The van der Waals surface area contributed by atoms with Gasteiger partial charge in [0.25, 0.3) is 0 Å². The Morgan fingerprint density at radius 3 is 1.38 bits per heavy atom. The number of fused-ring (bicyclic) bond motifs is 7. The molecule has 0 saturated heterocycles. The second-order valence-corrected chi connectivity index (χ2v) is 12.3. The lowest BCUT2D eigenvalue weighted by atomic mass is 10.3. The monoisotopic (exact) mass is 571 g/mol. The van der Waals surface area contributed by atoms with Crippen LogP contribution in [0, 0.1) is 0 Å². The van der Waals surface area contributed by atoms with Gasteiger partial charge in [-0.3, -0.25) is 23.7 Å². The Labute approximate surface area is 241 Å². The van der Waals surface area contributed by atoms with E-state index >= 15 is 0 Å². The topological polar surface area (TPSA) is 40.6 Å². The highest BCUT2D eigenvalue weighted by Gasteiger charge is 2.13. The zero-order valence-electron chi connectivity index (χ0n) is 21.1. The SMILES string of the molecule is c1ccc(-n2c3ccc(s3)n(-c3ccccc3)c3ccc(s3)n(-c3ccnc4cccnc34)c3ccc2s3)cc1. The summed E-state index contributed by atoms with van der Waals surface area (Å²) in [7, 11) is 0. The molecule has 6 aromatic heterocycles. The van der Waals surface area contributed by atoms with Crippen LogP contribution in [0.25, 0.3) is 57.1 Å². The van der Waals surface area contributed by atoms with Crippen LogP contribution < -0.4 is 0 Å². The molecule has 6 bridgehead atoms. The van der Waals surface area contributed by atoms with Gasteiger partial charge < -0.3 is 0 Å². The molecule has 8 rings (SSSR count). The number of hydrogen-bond acceptors (Lipinski definition) is 5. The second-order valence-electron chi connectivity index (χ2n) is 9.21. The summed E-state index contributed by atoms with van der Waals surface area (Å²) in [4.78, 5) is 16.2. The molecule has 40 heavy (non-hydrogen) atoms. The lowest BCUT2D eigenvalue weighted by Gasteiger charge is -2.11. The number of nitrogens with zero attached hydrogens (tertiary/aromatic N) is 5. The van der Waals surface area contributed by atoms with E-state index in [-0.39, 0.29) is 0 Å². The Morgan fingerprint density at radius 1 is 0.400 bits per heavy atom. The molecule has 0 spiro atoms. The molecule has 0 atom stereocenters. The summed E-state index contributed by atoms with van der Waals surface area (Å²) >= 11 is 5.33. The molecule has 0 amide bonds. The van der Waals surface area contributed by atoms with Gasteiger partial charge in [0.05, 0.1) is 11.2 Å². The van der Waals surface area contributed by atoms with Gasteiger partial charge in [0, 0.05) is 23.8 Å². The summed E-state index contributed by atoms with van der Waals surface area (Å²) in [6, 6.07) is 40.5. The summed E-state index contributed by atoms with van der Waals surface area (Å²) in [6.45, 7) is 0. The molecule has 0 fully saturated rings. The highest BCUT2D eigenvalue weighted by molar-refractivity contribution is 7.25. The van der Waals surface area contributed by atoms with Crippen molar-refractivity contribution in [2.24, 2.45) is 0 Å². The first-order valence-corrected chi connectivity index (χ1v) is 15.3. The number of rotatable bonds is 3. The Bertz CT molecular complexity index is 2100. The summed E-state index contributed by atoms with van der Waals surface area (Å²) in [5.41, 5.74) is 5.03. The minimum atomic E-state index is 0.876. The predicted molar refractivity (Wildman–Crippen MR) is 170 cm³/mol. The molecular formula is C32H21N5S3. The zero-order chi connectivity index (χ0) is 26.5.